The zero-order valence-electron chi connectivity index (χ0n) is 13.1. The number of hydrogen-bond donors (Lipinski definition) is 1. The molecule has 1 heterocycles. The Morgan fingerprint density at radius 2 is 1.78 bits per heavy atom. The Kier molecular flexibility index (Phi) is 3.98. The topological polar surface area (TPSA) is 29.1 Å². The zero-order valence-corrected chi connectivity index (χ0v) is 13.1. The summed E-state index contributed by atoms with van der Waals surface area (Å²) in [5.74, 6) is -0.0519. The molecule has 0 aromatic heterocycles. The second-order valence-corrected chi connectivity index (χ2v) is 5.47. The van der Waals surface area contributed by atoms with Crippen LogP contribution in [-0.2, 0) is 5.54 Å². The third-order valence-electron chi connectivity index (χ3n) is 4.16. The van der Waals surface area contributed by atoms with E-state index in [0.29, 0.717) is 0 Å². The van der Waals surface area contributed by atoms with Gasteiger partial charge in [-0.1, -0.05) is 79.4 Å². The maximum Gasteiger partial charge on any atom is 0.252 e. The molecule has 1 atom stereocenters. The van der Waals surface area contributed by atoms with E-state index in [4.69, 9.17) is 0 Å². The van der Waals surface area contributed by atoms with Gasteiger partial charge in [0.15, 0.2) is 0 Å². The van der Waals surface area contributed by atoms with Gasteiger partial charge in [-0.25, -0.2) is 0 Å². The molecule has 1 unspecified atom stereocenters. The minimum Gasteiger partial charge on any atom is -0.334 e. The van der Waals surface area contributed by atoms with Crippen molar-refractivity contribution in [1.29, 1.82) is 0 Å². The molecule has 1 N–H and O–H groups in total. The monoisotopic (exact) mass is 301 g/mol. The molecule has 0 spiro atoms. The molecule has 2 heteroatoms. The molecule has 0 saturated heterocycles. The lowest BCUT2D eigenvalue weighted by molar-refractivity contribution is 0.0948. The van der Waals surface area contributed by atoms with E-state index in [1.165, 1.54) is 0 Å². The lowest BCUT2D eigenvalue weighted by Crippen LogP contribution is -2.41. The highest BCUT2D eigenvalue weighted by molar-refractivity contribution is 6.01. The minimum atomic E-state index is -0.685. The molecule has 2 aromatic rings. The second kappa shape index (κ2) is 6.09. The van der Waals surface area contributed by atoms with Crippen LogP contribution in [0.5, 0.6) is 0 Å². The summed E-state index contributed by atoms with van der Waals surface area (Å²) in [6.45, 7) is 5.80. The zero-order chi connectivity index (χ0) is 16.3. The number of carbonyl (C=O) groups excluding carboxylic acids is 1. The summed E-state index contributed by atoms with van der Waals surface area (Å²) in [5.41, 5.74) is 3.03. The second-order valence-electron chi connectivity index (χ2n) is 5.47. The highest BCUT2D eigenvalue weighted by Crippen LogP contribution is 2.43. The van der Waals surface area contributed by atoms with Crippen LogP contribution in [-0.4, -0.2) is 5.91 Å². The Morgan fingerprint density at radius 3 is 2.48 bits per heavy atom. The SMILES string of the molecule is C=C/C=C(\C=C/C)C1(c2ccccc2)NC(=O)c2ccccc21. The molecule has 1 amide bonds. The van der Waals surface area contributed by atoms with Crippen LogP contribution in [0.1, 0.15) is 28.4 Å². The number of carbonyl (C=O) groups is 1. The summed E-state index contributed by atoms with van der Waals surface area (Å²) >= 11 is 0. The first-order valence-corrected chi connectivity index (χ1v) is 7.67. The van der Waals surface area contributed by atoms with E-state index in [9.17, 15) is 4.79 Å². The summed E-state index contributed by atoms with van der Waals surface area (Å²) in [6, 6.07) is 17.8. The number of hydrogen-bond acceptors (Lipinski definition) is 1. The predicted octanol–water partition coefficient (Wildman–Crippen LogP) is 4.36. The Bertz CT molecular complexity index is 802. The van der Waals surface area contributed by atoms with Gasteiger partial charge in [-0.05, 0) is 29.7 Å². The smallest absolute Gasteiger partial charge is 0.252 e. The number of rotatable bonds is 4. The van der Waals surface area contributed by atoms with Crippen LogP contribution in [0.3, 0.4) is 0 Å². The molecule has 2 nitrogen and oxygen atoms in total. The standard InChI is InChI=1S/C21H19NO/c1-3-10-16(11-4-2)21(17-12-6-5-7-13-17)19-15-9-8-14-18(19)20(23)22-21/h3-15H,1H2,2H3,(H,22,23)/b11-4-,16-10+. The molecule has 0 radical (unpaired) electrons. The number of nitrogens with one attached hydrogen (secondary N) is 1. The quantitative estimate of drug-likeness (QED) is 0.835. The maximum atomic E-state index is 12.6. The van der Waals surface area contributed by atoms with Crippen molar-refractivity contribution in [2.45, 2.75) is 12.5 Å². The summed E-state index contributed by atoms with van der Waals surface area (Å²) in [6.07, 6.45) is 7.71. The van der Waals surface area contributed by atoms with E-state index in [0.717, 1.165) is 22.3 Å². The Hall–Kier alpha value is -2.87. The molecule has 0 saturated carbocycles. The third-order valence-corrected chi connectivity index (χ3v) is 4.16. The first kappa shape index (κ1) is 15.0. The van der Waals surface area contributed by atoms with Gasteiger partial charge in [0.1, 0.15) is 5.54 Å². The number of allylic oxidation sites excluding steroid dienone is 3. The average molecular weight is 301 g/mol. The molecule has 114 valence electrons. The lowest BCUT2D eigenvalue weighted by Gasteiger charge is -2.32. The number of fused-ring (bicyclic) bond motifs is 1. The maximum absolute atomic E-state index is 12.6. The minimum absolute atomic E-state index is 0.0519. The van der Waals surface area contributed by atoms with Gasteiger partial charge in [0.2, 0.25) is 0 Å². The van der Waals surface area contributed by atoms with Gasteiger partial charge in [0.25, 0.3) is 5.91 Å². The van der Waals surface area contributed by atoms with Crippen LogP contribution in [0.4, 0.5) is 0 Å². The Morgan fingerprint density at radius 1 is 1.09 bits per heavy atom. The van der Waals surface area contributed by atoms with Crippen molar-refractivity contribution in [1.82, 2.24) is 5.32 Å². The Balaban J connectivity index is 2.36. The van der Waals surface area contributed by atoms with Crippen LogP contribution in [0.2, 0.25) is 0 Å². The molecule has 2 aromatic carbocycles. The van der Waals surface area contributed by atoms with Gasteiger partial charge < -0.3 is 5.32 Å². The molecule has 3 rings (SSSR count). The Labute approximate surface area is 136 Å². The number of amides is 1. The normalized spacial score (nSPS) is 20.4. The van der Waals surface area contributed by atoms with Gasteiger partial charge >= 0.3 is 0 Å². The van der Waals surface area contributed by atoms with Gasteiger partial charge in [-0.15, -0.1) is 0 Å². The van der Waals surface area contributed by atoms with E-state index in [2.05, 4.69) is 11.9 Å². The highest BCUT2D eigenvalue weighted by atomic mass is 16.2. The predicted molar refractivity (Wildman–Crippen MR) is 94.2 cm³/mol. The van der Waals surface area contributed by atoms with Crippen LogP contribution in [0.25, 0.3) is 0 Å². The fourth-order valence-corrected chi connectivity index (χ4v) is 3.24. The molecular formula is C21H19NO. The number of benzene rings is 2. The van der Waals surface area contributed by atoms with E-state index in [-0.39, 0.29) is 5.91 Å². The summed E-state index contributed by atoms with van der Waals surface area (Å²) in [4.78, 5) is 12.6. The molecule has 23 heavy (non-hydrogen) atoms. The van der Waals surface area contributed by atoms with Crippen molar-refractivity contribution >= 4 is 5.91 Å². The average Bonchev–Trinajstić information content (AvgIpc) is 2.90. The van der Waals surface area contributed by atoms with Gasteiger partial charge in [0.05, 0.1) is 0 Å². The first-order valence-electron chi connectivity index (χ1n) is 7.67. The van der Waals surface area contributed by atoms with Gasteiger partial charge in [-0.2, -0.15) is 0 Å². The van der Waals surface area contributed by atoms with E-state index in [1.54, 1.807) is 6.08 Å². The summed E-state index contributed by atoms with van der Waals surface area (Å²) < 4.78 is 0. The van der Waals surface area contributed by atoms with Gasteiger partial charge in [-0.3, -0.25) is 4.79 Å². The largest absolute Gasteiger partial charge is 0.334 e. The van der Waals surface area contributed by atoms with E-state index in [1.807, 2.05) is 79.7 Å². The van der Waals surface area contributed by atoms with Crippen molar-refractivity contribution in [2.75, 3.05) is 0 Å². The lowest BCUT2D eigenvalue weighted by atomic mass is 9.77. The van der Waals surface area contributed by atoms with Crippen molar-refractivity contribution in [3.05, 3.63) is 108 Å². The fourth-order valence-electron chi connectivity index (χ4n) is 3.24. The highest BCUT2D eigenvalue weighted by Gasteiger charge is 2.45. The summed E-state index contributed by atoms with van der Waals surface area (Å²) in [7, 11) is 0. The van der Waals surface area contributed by atoms with Crippen molar-refractivity contribution in [3.8, 4) is 0 Å². The molecule has 0 fully saturated rings. The third kappa shape index (κ3) is 2.33. The molecule has 0 bridgehead atoms. The molecule has 1 aliphatic heterocycles. The molecular weight excluding hydrogens is 282 g/mol. The van der Waals surface area contributed by atoms with Gasteiger partial charge in [0, 0.05) is 5.56 Å². The van der Waals surface area contributed by atoms with E-state index >= 15 is 0 Å². The van der Waals surface area contributed by atoms with Crippen LogP contribution >= 0.6 is 0 Å². The van der Waals surface area contributed by atoms with Crippen molar-refractivity contribution in [3.63, 3.8) is 0 Å². The molecule has 1 aliphatic rings. The van der Waals surface area contributed by atoms with Crippen LogP contribution in [0, 0.1) is 0 Å². The van der Waals surface area contributed by atoms with Crippen molar-refractivity contribution < 1.29 is 4.79 Å². The first-order chi connectivity index (χ1) is 11.2. The molecule has 0 aliphatic carbocycles. The van der Waals surface area contributed by atoms with Crippen LogP contribution in [0.15, 0.2) is 91.1 Å². The summed E-state index contributed by atoms with van der Waals surface area (Å²) in [5, 5.41) is 3.21. The fraction of sp³-hybridized carbons (Fsp3) is 0.0952. The van der Waals surface area contributed by atoms with E-state index < -0.39 is 5.54 Å². The van der Waals surface area contributed by atoms with Crippen molar-refractivity contribution in [2.24, 2.45) is 0 Å². The van der Waals surface area contributed by atoms with Crippen LogP contribution < -0.4 is 5.32 Å².